The fourth-order valence-electron chi connectivity index (χ4n) is 8.67. The highest BCUT2D eigenvalue weighted by Gasteiger charge is 2.65. The molecule has 1 heterocycles. The van der Waals surface area contributed by atoms with Crippen molar-refractivity contribution in [1.82, 2.24) is 4.90 Å². The average Bonchev–Trinajstić information content (AvgIpc) is 3.22. The first-order valence-electron chi connectivity index (χ1n) is 19.7. The minimum absolute atomic E-state index is 0.0550. The molecular formula is C45H54N2O9. The number of aliphatic hydroxyl groups excluding tert-OH is 2. The maximum Gasteiger partial charge on any atom is 0.410 e. The Morgan fingerprint density at radius 2 is 1.77 bits per heavy atom. The molecule has 6 unspecified atom stereocenters. The molecule has 11 nitrogen and oxygen atoms in total. The molecule has 298 valence electrons. The minimum atomic E-state index is -1.39. The van der Waals surface area contributed by atoms with Crippen molar-refractivity contribution < 1.29 is 43.6 Å². The van der Waals surface area contributed by atoms with Gasteiger partial charge in [-0.1, -0.05) is 72.6 Å². The lowest BCUT2D eigenvalue weighted by Crippen LogP contribution is -2.69. The van der Waals surface area contributed by atoms with Gasteiger partial charge in [0.2, 0.25) is 5.79 Å². The number of aldehydes is 1. The van der Waals surface area contributed by atoms with Crippen molar-refractivity contribution in [2.75, 3.05) is 33.5 Å². The number of oxime groups is 1. The van der Waals surface area contributed by atoms with Crippen LogP contribution in [0, 0.1) is 17.8 Å². The number of likely N-dealkylation sites (N-methyl/N-ethyl adjacent to an activating group) is 1. The number of hydrogen-bond acceptors (Lipinski definition) is 10. The maximum absolute atomic E-state index is 14.0. The summed E-state index contributed by atoms with van der Waals surface area (Å²) in [5.74, 6) is -0.212. The highest BCUT2D eigenvalue weighted by Crippen LogP contribution is 2.62. The van der Waals surface area contributed by atoms with Crippen molar-refractivity contribution in [2.24, 2.45) is 22.9 Å². The van der Waals surface area contributed by atoms with Crippen LogP contribution < -0.4 is 9.47 Å². The lowest BCUT2D eigenvalue weighted by molar-refractivity contribution is -0.253. The van der Waals surface area contributed by atoms with E-state index in [1.807, 2.05) is 61.5 Å². The Bertz CT molecular complexity index is 1860. The smallest absolute Gasteiger partial charge is 0.410 e. The summed E-state index contributed by atoms with van der Waals surface area (Å²) in [6.07, 6.45) is 9.10. The second kappa shape index (κ2) is 19.3. The first-order valence-corrected chi connectivity index (χ1v) is 19.7. The van der Waals surface area contributed by atoms with Crippen LogP contribution in [0.5, 0.6) is 17.2 Å². The standard InChI is InChI=1S/C45H54N2O9/c1-4-24-53-45-41(47(3)44(51)52-30-31-14-7-6-8-15-31)28-39(46-54-5-2)37-26-33(17-9-11-22-48)36(19-10-12-23-49)42(43(37)45)38-27-35(20-21-40(38)56-45)55-34-18-13-16-32(25-34)29-50/h4,6-8,13-16,18,20-21,25-27,29,33,36,41-43,48-49H,1,5,9-12,17,19,22-24,28,30H2,2-3H3. The van der Waals surface area contributed by atoms with E-state index >= 15 is 0 Å². The molecular weight excluding hydrogens is 712 g/mol. The summed E-state index contributed by atoms with van der Waals surface area (Å²) < 4.78 is 26.4. The number of rotatable bonds is 19. The number of nitrogens with zero attached hydrogens (tertiary/aromatic N) is 2. The third kappa shape index (κ3) is 8.85. The van der Waals surface area contributed by atoms with E-state index in [9.17, 15) is 19.8 Å². The molecule has 1 saturated carbocycles. The predicted molar refractivity (Wildman–Crippen MR) is 213 cm³/mol. The molecule has 3 aromatic rings. The summed E-state index contributed by atoms with van der Waals surface area (Å²) in [6, 6.07) is 21.6. The van der Waals surface area contributed by atoms with Crippen LogP contribution in [-0.4, -0.2) is 78.5 Å². The van der Waals surface area contributed by atoms with Crippen LogP contribution in [0.2, 0.25) is 0 Å². The normalized spacial score (nSPS) is 24.2. The molecule has 1 fully saturated rings. The molecule has 0 saturated heterocycles. The van der Waals surface area contributed by atoms with Crippen LogP contribution in [0.4, 0.5) is 4.79 Å². The molecule has 2 aliphatic carbocycles. The van der Waals surface area contributed by atoms with Gasteiger partial charge in [-0.05, 0) is 85.9 Å². The largest absolute Gasteiger partial charge is 0.459 e. The zero-order valence-corrected chi connectivity index (χ0v) is 32.4. The van der Waals surface area contributed by atoms with Crippen LogP contribution in [-0.2, 0) is 20.9 Å². The van der Waals surface area contributed by atoms with Gasteiger partial charge in [-0.2, -0.15) is 0 Å². The van der Waals surface area contributed by atoms with Crippen LogP contribution in [0.25, 0.3) is 0 Å². The number of benzene rings is 3. The Morgan fingerprint density at radius 3 is 2.50 bits per heavy atom. The Hall–Kier alpha value is -4.97. The van der Waals surface area contributed by atoms with Gasteiger partial charge in [-0.25, -0.2) is 4.79 Å². The molecule has 0 radical (unpaired) electrons. The third-order valence-electron chi connectivity index (χ3n) is 11.1. The van der Waals surface area contributed by atoms with Crippen LogP contribution in [0.3, 0.4) is 0 Å². The first kappa shape index (κ1) is 40.7. The molecule has 56 heavy (non-hydrogen) atoms. The highest BCUT2D eigenvalue weighted by atomic mass is 16.7. The molecule has 3 aliphatic rings. The van der Waals surface area contributed by atoms with Crippen molar-refractivity contribution in [3.05, 3.63) is 114 Å². The van der Waals surface area contributed by atoms with E-state index in [2.05, 4.69) is 12.7 Å². The van der Waals surface area contributed by atoms with E-state index < -0.39 is 23.8 Å². The lowest BCUT2D eigenvalue weighted by atomic mass is 9.55. The van der Waals surface area contributed by atoms with Gasteiger partial charge in [0.15, 0.2) is 0 Å². The Morgan fingerprint density at radius 1 is 1.00 bits per heavy atom. The van der Waals surface area contributed by atoms with E-state index in [4.69, 9.17) is 28.9 Å². The number of fused-ring (bicyclic) bond motifs is 2. The van der Waals surface area contributed by atoms with Crippen LogP contribution in [0.1, 0.15) is 79.3 Å². The number of allylic oxidation sites excluding steroid dienone is 1. The topological polar surface area (TPSA) is 136 Å². The summed E-state index contributed by atoms with van der Waals surface area (Å²) in [5, 5.41) is 24.4. The molecule has 6 rings (SSSR count). The summed E-state index contributed by atoms with van der Waals surface area (Å²) in [4.78, 5) is 32.9. The van der Waals surface area contributed by atoms with Crippen molar-refractivity contribution in [2.45, 2.75) is 76.2 Å². The van der Waals surface area contributed by atoms with E-state index in [-0.39, 0.29) is 50.6 Å². The van der Waals surface area contributed by atoms with Crippen LogP contribution in [0.15, 0.2) is 102 Å². The summed E-state index contributed by atoms with van der Waals surface area (Å²) in [5.41, 5.74) is 3.94. The quantitative estimate of drug-likeness (QED) is 0.0536. The van der Waals surface area contributed by atoms with Gasteiger partial charge < -0.3 is 38.9 Å². The highest BCUT2D eigenvalue weighted by molar-refractivity contribution is 6.03. The fourth-order valence-corrected chi connectivity index (χ4v) is 8.67. The number of aliphatic hydroxyl groups is 2. The van der Waals surface area contributed by atoms with Crippen molar-refractivity contribution >= 4 is 18.1 Å². The minimum Gasteiger partial charge on any atom is -0.459 e. The molecule has 1 amide bonds. The molecule has 11 heteroatoms. The number of amides is 1. The van der Waals surface area contributed by atoms with Crippen LogP contribution >= 0.6 is 0 Å². The number of unbranched alkanes of at least 4 members (excludes halogenated alkanes) is 2. The fraction of sp³-hybridized carbons (Fsp3) is 0.444. The predicted octanol–water partition coefficient (Wildman–Crippen LogP) is 8.21. The van der Waals surface area contributed by atoms with Gasteiger partial charge in [0, 0.05) is 43.7 Å². The van der Waals surface area contributed by atoms with Crippen molar-refractivity contribution in [3.63, 3.8) is 0 Å². The molecule has 0 spiro atoms. The van der Waals surface area contributed by atoms with Gasteiger partial charge >= 0.3 is 6.09 Å². The molecule has 0 aromatic heterocycles. The zero-order valence-electron chi connectivity index (χ0n) is 32.4. The van der Waals surface area contributed by atoms with E-state index in [1.54, 1.807) is 36.2 Å². The Labute approximate surface area is 329 Å². The van der Waals surface area contributed by atoms with Gasteiger partial charge in [-0.3, -0.25) is 4.79 Å². The number of carbonyl (C=O) groups is 2. The molecule has 2 N–H and O–H groups in total. The average molecular weight is 767 g/mol. The second-order valence-corrected chi connectivity index (χ2v) is 14.6. The van der Waals surface area contributed by atoms with Crippen molar-refractivity contribution in [1.29, 1.82) is 0 Å². The monoisotopic (exact) mass is 766 g/mol. The molecule has 0 bridgehead atoms. The Balaban J connectivity index is 1.52. The van der Waals surface area contributed by atoms with E-state index in [0.717, 1.165) is 48.7 Å². The molecule has 6 atom stereocenters. The van der Waals surface area contributed by atoms with E-state index in [1.165, 1.54) is 0 Å². The van der Waals surface area contributed by atoms with Gasteiger partial charge in [-0.15, -0.1) is 6.58 Å². The van der Waals surface area contributed by atoms with Gasteiger partial charge in [0.05, 0.1) is 18.2 Å². The number of hydrogen-bond donors (Lipinski definition) is 2. The SMILES string of the molecule is C=CCOC12Oc3ccc(Oc4cccc(C=O)c4)cc3C3C(CCCCO)C(CCCCO)C=C(C(=NOCC)CC1N(C)C(=O)OCc1ccccc1)C32. The number of carbonyl (C=O) groups excluding carboxylic acids is 2. The summed E-state index contributed by atoms with van der Waals surface area (Å²) >= 11 is 0. The summed E-state index contributed by atoms with van der Waals surface area (Å²) in [6.45, 7) is 6.66. The van der Waals surface area contributed by atoms with Gasteiger partial charge in [0.25, 0.3) is 0 Å². The van der Waals surface area contributed by atoms with E-state index in [0.29, 0.717) is 48.0 Å². The van der Waals surface area contributed by atoms with Gasteiger partial charge in [0.1, 0.15) is 42.8 Å². The molecule has 3 aromatic carbocycles. The number of ether oxygens (including phenoxy) is 4. The maximum atomic E-state index is 14.0. The molecule has 1 aliphatic heterocycles. The Kier molecular flexibility index (Phi) is 14.0. The lowest BCUT2D eigenvalue weighted by Gasteiger charge is -2.59. The second-order valence-electron chi connectivity index (χ2n) is 14.6. The first-order chi connectivity index (χ1) is 27.4. The van der Waals surface area contributed by atoms with Crippen molar-refractivity contribution in [3.8, 4) is 17.2 Å². The third-order valence-corrected chi connectivity index (χ3v) is 11.1. The summed E-state index contributed by atoms with van der Waals surface area (Å²) in [7, 11) is 1.71. The zero-order chi connectivity index (χ0) is 39.5.